The molecular formula is C33H49N3O5. The van der Waals surface area contributed by atoms with E-state index in [1.54, 1.807) is 37.8 Å². The fraction of sp³-hybridized carbons (Fsp3) is 0.545. The number of nitrogens with zero attached hydrogens (tertiary/aromatic N) is 1. The van der Waals surface area contributed by atoms with Crippen molar-refractivity contribution in [3.05, 3.63) is 64.7 Å². The van der Waals surface area contributed by atoms with Crippen LogP contribution in [-0.4, -0.2) is 50.6 Å². The molecule has 3 amide bonds. The summed E-state index contributed by atoms with van der Waals surface area (Å²) in [5, 5.41) is 15.7. The monoisotopic (exact) mass is 567 g/mol. The lowest BCUT2D eigenvalue weighted by atomic mass is 9.88. The number of aromatic hydroxyl groups is 1. The summed E-state index contributed by atoms with van der Waals surface area (Å²) in [6.45, 7) is 20.7. The molecule has 0 saturated carbocycles. The highest BCUT2D eigenvalue weighted by Crippen LogP contribution is 2.35. The lowest BCUT2D eigenvalue weighted by Crippen LogP contribution is -2.60. The Morgan fingerprint density at radius 3 is 2.02 bits per heavy atom. The molecule has 0 aromatic heterocycles. The Labute approximate surface area is 245 Å². The molecule has 0 aliphatic rings. The topological polar surface area (TPSA) is 108 Å². The third kappa shape index (κ3) is 9.51. The first kappa shape index (κ1) is 33.7. The van der Waals surface area contributed by atoms with Crippen molar-refractivity contribution in [1.29, 1.82) is 0 Å². The molecule has 0 radical (unpaired) electrons. The van der Waals surface area contributed by atoms with Crippen LogP contribution in [0, 0.1) is 13.8 Å². The standard InChI is InChI=1S/C33H49N3O5/c1-12-33(10,11)36(27(28(38)35-31(4,5)6)25-15-13-14-21(2)22(25)3)29(39)26(34-30(40)41-32(7,8)9)20-23-16-18-24(37)19-17-23/h13-19,26-27,37H,12,20H2,1-11H3,(H,34,40)(H,35,38). The van der Waals surface area contributed by atoms with Crippen LogP contribution in [-0.2, 0) is 20.7 Å². The normalized spacial score (nSPS) is 13.6. The fourth-order valence-electron chi connectivity index (χ4n) is 4.54. The number of nitrogens with one attached hydrogen (secondary N) is 2. The molecule has 41 heavy (non-hydrogen) atoms. The average molecular weight is 568 g/mol. The molecule has 0 aliphatic carbocycles. The highest BCUT2D eigenvalue weighted by Gasteiger charge is 2.44. The second-order valence-electron chi connectivity index (χ2n) is 13.4. The minimum absolute atomic E-state index is 0.0966. The zero-order chi connectivity index (χ0) is 31.3. The van der Waals surface area contributed by atoms with Gasteiger partial charge in [0.25, 0.3) is 0 Å². The smallest absolute Gasteiger partial charge is 0.408 e. The highest BCUT2D eigenvalue weighted by molar-refractivity contribution is 5.93. The van der Waals surface area contributed by atoms with Crippen molar-refractivity contribution in [3.63, 3.8) is 0 Å². The van der Waals surface area contributed by atoms with E-state index in [2.05, 4.69) is 10.6 Å². The van der Waals surface area contributed by atoms with E-state index in [0.29, 0.717) is 6.42 Å². The van der Waals surface area contributed by atoms with Gasteiger partial charge in [-0.25, -0.2) is 4.79 Å². The van der Waals surface area contributed by atoms with Crippen LogP contribution in [0.25, 0.3) is 0 Å². The number of amides is 3. The van der Waals surface area contributed by atoms with Gasteiger partial charge in [-0.2, -0.15) is 0 Å². The van der Waals surface area contributed by atoms with E-state index in [4.69, 9.17) is 4.74 Å². The Morgan fingerprint density at radius 1 is 0.927 bits per heavy atom. The van der Waals surface area contributed by atoms with Gasteiger partial charge < -0.3 is 25.4 Å². The third-order valence-corrected chi connectivity index (χ3v) is 7.07. The van der Waals surface area contributed by atoms with E-state index in [1.807, 2.05) is 73.6 Å². The number of hydrogen-bond acceptors (Lipinski definition) is 5. The summed E-state index contributed by atoms with van der Waals surface area (Å²) >= 11 is 0. The van der Waals surface area contributed by atoms with Crippen molar-refractivity contribution in [2.24, 2.45) is 0 Å². The second-order valence-corrected chi connectivity index (χ2v) is 13.4. The van der Waals surface area contributed by atoms with Gasteiger partial charge in [0.05, 0.1) is 0 Å². The molecule has 3 N–H and O–H groups in total. The molecule has 226 valence electrons. The summed E-state index contributed by atoms with van der Waals surface area (Å²) in [7, 11) is 0. The highest BCUT2D eigenvalue weighted by atomic mass is 16.6. The lowest BCUT2D eigenvalue weighted by molar-refractivity contribution is -0.149. The molecular weight excluding hydrogens is 518 g/mol. The number of benzene rings is 2. The predicted molar refractivity (Wildman–Crippen MR) is 163 cm³/mol. The quantitative estimate of drug-likeness (QED) is 0.338. The molecule has 0 bridgehead atoms. The first-order valence-electron chi connectivity index (χ1n) is 14.2. The van der Waals surface area contributed by atoms with Crippen LogP contribution >= 0.6 is 0 Å². The van der Waals surface area contributed by atoms with E-state index >= 15 is 0 Å². The van der Waals surface area contributed by atoms with Crippen molar-refractivity contribution in [1.82, 2.24) is 15.5 Å². The summed E-state index contributed by atoms with van der Waals surface area (Å²) in [5.74, 6) is -0.619. The first-order chi connectivity index (χ1) is 18.8. The zero-order valence-electron chi connectivity index (χ0n) is 26.6. The number of alkyl carbamates (subject to hydrolysis) is 1. The minimum atomic E-state index is -1.05. The Kier molecular flexibility index (Phi) is 10.6. The van der Waals surface area contributed by atoms with Crippen LogP contribution in [0.3, 0.4) is 0 Å². The first-order valence-corrected chi connectivity index (χ1v) is 14.2. The molecule has 2 aromatic carbocycles. The summed E-state index contributed by atoms with van der Waals surface area (Å²) in [6.07, 6.45) is -0.0395. The number of hydrogen-bond donors (Lipinski definition) is 3. The number of ether oxygens (including phenoxy) is 1. The second kappa shape index (κ2) is 13.0. The number of carbonyl (C=O) groups excluding carboxylic acids is 3. The molecule has 8 nitrogen and oxygen atoms in total. The Hall–Kier alpha value is -3.55. The fourth-order valence-corrected chi connectivity index (χ4v) is 4.54. The number of aryl methyl sites for hydroxylation is 1. The Morgan fingerprint density at radius 2 is 1.51 bits per heavy atom. The molecule has 8 heteroatoms. The van der Waals surface area contributed by atoms with Crippen LogP contribution in [0.5, 0.6) is 5.75 Å². The van der Waals surface area contributed by atoms with Gasteiger partial charge in [0, 0.05) is 17.5 Å². The summed E-state index contributed by atoms with van der Waals surface area (Å²) < 4.78 is 5.52. The molecule has 0 saturated heterocycles. The maximum absolute atomic E-state index is 14.7. The van der Waals surface area contributed by atoms with E-state index in [-0.39, 0.29) is 18.1 Å². The van der Waals surface area contributed by atoms with Crippen LogP contribution in [0.15, 0.2) is 42.5 Å². The number of phenolic OH excluding ortho intramolecular Hbond substituents is 1. The van der Waals surface area contributed by atoms with Gasteiger partial charge in [0.2, 0.25) is 11.8 Å². The van der Waals surface area contributed by atoms with E-state index in [9.17, 15) is 19.5 Å². The van der Waals surface area contributed by atoms with Crippen LogP contribution < -0.4 is 10.6 Å². The summed E-state index contributed by atoms with van der Waals surface area (Å²) in [4.78, 5) is 43.5. The van der Waals surface area contributed by atoms with E-state index < -0.39 is 40.8 Å². The Balaban J connectivity index is 2.74. The third-order valence-electron chi connectivity index (χ3n) is 7.07. The van der Waals surface area contributed by atoms with Gasteiger partial charge >= 0.3 is 6.09 Å². The van der Waals surface area contributed by atoms with Gasteiger partial charge in [-0.3, -0.25) is 9.59 Å². The van der Waals surface area contributed by atoms with Crippen molar-refractivity contribution >= 4 is 17.9 Å². The SMILES string of the molecule is CCC(C)(C)N(C(=O)C(Cc1ccc(O)cc1)NC(=O)OC(C)(C)C)C(C(=O)NC(C)(C)C)c1cccc(C)c1C. The zero-order valence-corrected chi connectivity index (χ0v) is 26.6. The van der Waals surface area contributed by atoms with E-state index in [1.165, 1.54) is 12.1 Å². The van der Waals surface area contributed by atoms with Crippen molar-refractivity contribution in [2.45, 2.75) is 118 Å². The average Bonchev–Trinajstić information content (AvgIpc) is 2.82. The van der Waals surface area contributed by atoms with E-state index in [0.717, 1.165) is 22.3 Å². The predicted octanol–water partition coefficient (Wildman–Crippen LogP) is 6.12. The Bertz CT molecular complexity index is 1220. The number of phenols is 1. The van der Waals surface area contributed by atoms with Gasteiger partial charge in [0.15, 0.2) is 0 Å². The number of carbonyl (C=O) groups is 3. The molecule has 0 spiro atoms. The minimum Gasteiger partial charge on any atom is -0.508 e. The summed E-state index contributed by atoms with van der Waals surface area (Å²) in [6, 6.07) is 10.2. The largest absolute Gasteiger partial charge is 0.508 e. The summed E-state index contributed by atoms with van der Waals surface area (Å²) in [5.41, 5.74) is 1.30. The van der Waals surface area contributed by atoms with Gasteiger partial charge in [-0.15, -0.1) is 0 Å². The maximum Gasteiger partial charge on any atom is 0.408 e. The van der Waals surface area contributed by atoms with Gasteiger partial charge in [-0.05, 0) is 110 Å². The van der Waals surface area contributed by atoms with Crippen molar-refractivity contribution < 1.29 is 24.2 Å². The molecule has 0 aliphatic heterocycles. The molecule has 2 unspecified atom stereocenters. The lowest BCUT2D eigenvalue weighted by Gasteiger charge is -2.45. The molecule has 2 aromatic rings. The maximum atomic E-state index is 14.7. The van der Waals surface area contributed by atoms with Crippen molar-refractivity contribution in [3.8, 4) is 5.75 Å². The molecule has 2 atom stereocenters. The van der Waals surface area contributed by atoms with Crippen molar-refractivity contribution in [2.75, 3.05) is 0 Å². The molecule has 0 fully saturated rings. The number of rotatable bonds is 9. The van der Waals surface area contributed by atoms with Gasteiger partial charge in [0.1, 0.15) is 23.4 Å². The molecule has 2 rings (SSSR count). The van der Waals surface area contributed by atoms with Gasteiger partial charge in [-0.1, -0.05) is 37.3 Å². The van der Waals surface area contributed by atoms with Crippen LogP contribution in [0.4, 0.5) is 4.79 Å². The van der Waals surface area contributed by atoms with Crippen LogP contribution in [0.2, 0.25) is 0 Å². The molecule has 0 heterocycles. The van der Waals surface area contributed by atoms with Crippen LogP contribution in [0.1, 0.15) is 97.0 Å².